The van der Waals surface area contributed by atoms with Crippen LogP contribution >= 0.6 is 0 Å². The molecule has 0 unspecified atom stereocenters. The van der Waals surface area contributed by atoms with Gasteiger partial charge in [-0.05, 0) is 31.4 Å². The Morgan fingerprint density at radius 3 is 2.78 bits per heavy atom. The number of aryl methyl sites for hydroxylation is 1. The number of aromatic nitrogens is 1. The zero-order chi connectivity index (χ0) is 13.2. The van der Waals surface area contributed by atoms with Gasteiger partial charge in [0.05, 0.1) is 5.60 Å². The van der Waals surface area contributed by atoms with E-state index in [0.717, 1.165) is 31.2 Å². The number of pyridine rings is 1. The minimum atomic E-state index is -0.701. The van der Waals surface area contributed by atoms with Gasteiger partial charge in [-0.1, -0.05) is 18.9 Å². The predicted molar refractivity (Wildman–Crippen MR) is 69.4 cm³/mol. The number of amides is 1. The first kappa shape index (κ1) is 13.0. The van der Waals surface area contributed by atoms with Gasteiger partial charge < -0.3 is 10.0 Å². The fourth-order valence-corrected chi connectivity index (χ4v) is 2.59. The lowest BCUT2D eigenvalue weighted by atomic mass is 10.0. The monoisotopic (exact) mass is 248 g/mol. The molecule has 0 atom stereocenters. The van der Waals surface area contributed by atoms with Crippen LogP contribution in [0.4, 0.5) is 0 Å². The lowest BCUT2D eigenvalue weighted by molar-refractivity contribution is 0.0154. The van der Waals surface area contributed by atoms with Crippen LogP contribution in [0, 0.1) is 6.92 Å². The highest BCUT2D eigenvalue weighted by Crippen LogP contribution is 2.30. The molecule has 1 fully saturated rings. The molecule has 2 rings (SSSR count). The summed E-state index contributed by atoms with van der Waals surface area (Å²) < 4.78 is 0. The molecule has 1 aliphatic carbocycles. The summed E-state index contributed by atoms with van der Waals surface area (Å²) in [5, 5.41) is 10.3. The Morgan fingerprint density at radius 2 is 2.17 bits per heavy atom. The average Bonchev–Trinajstić information content (AvgIpc) is 2.75. The molecule has 98 valence electrons. The summed E-state index contributed by atoms with van der Waals surface area (Å²) in [7, 11) is 1.73. The van der Waals surface area contributed by atoms with E-state index in [1.54, 1.807) is 18.1 Å². The molecule has 4 heteroatoms. The van der Waals surface area contributed by atoms with E-state index in [-0.39, 0.29) is 5.91 Å². The Bertz CT molecular complexity index is 439. The molecule has 1 aromatic rings. The number of aliphatic hydroxyl groups is 1. The van der Waals surface area contributed by atoms with Crippen molar-refractivity contribution in [2.75, 3.05) is 13.6 Å². The molecule has 1 saturated carbocycles. The van der Waals surface area contributed by atoms with Crippen LogP contribution in [0.25, 0.3) is 0 Å². The van der Waals surface area contributed by atoms with Gasteiger partial charge in [-0.3, -0.25) is 9.78 Å². The molecule has 0 bridgehead atoms. The second-order valence-corrected chi connectivity index (χ2v) is 5.26. The van der Waals surface area contributed by atoms with E-state index in [2.05, 4.69) is 4.98 Å². The minimum absolute atomic E-state index is 0.117. The van der Waals surface area contributed by atoms with Crippen LogP contribution in [0.15, 0.2) is 18.3 Å². The molecule has 0 saturated heterocycles. The number of nitrogens with zero attached hydrogens (tertiary/aromatic N) is 2. The number of likely N-dealkylation sites (N-methyl/N-ethyl adjacent to an activating group) is 1. The van der Waals surface area contributed by atoms with Gasteiger partial charge in [0.2, 0.25) is 0 Å². The molecular formula is C14H20N2O2. The molecule has 18 heavy (non-hydrogen) atoms. The number of hydrogen-bond acceptors (Lipinski definition) is 3. The normalized spacial score (nSPS) is 17.7. The van der Waals surface area contributed by atoms with E-state index in [0.29, 0.717) is 12.2 Å². The second kappa shape index (κ2) is 5.06. The fourth-order valence-electron chi connectivity index (χ4n) is 2.59. The van der Waals surface area contributed by atoms with Crippen LogP contribution < -0.4 is 0 Å². The third kappa shape index (κ3) is 2.70. The molecule has 1 aromatic heterocycles. The summed E-state index contributed by atoms with van der Waals surface area (Å²) in [6, 6.07) is 3.69. The molecular weight excluding hydrogens is 228 g/mol. The molecule has 1 heterocycles. The van der Waals surface area contributed by atoms with Crippen molar-refractivity contribution in [2.45, 2.75) is 38.2 Å². The molecule has 1 amide bonds. The molecule has 0 aliphatic heterocycles. The Hall–Kier alpha value is -1.42. The van der Waals surface area contributed by atoms with E-state index < -0.39 is 5.60 Å². The van der Waals surface area contributed by atoms with Crippen LogP contribution in [0.1, 0.15) is 41.7 Å². The number of carbonyl (C=O) groups is 1. The van der Waals surface area contributed by atoms with Gasteiger partial charge in [-0.25, -0.2) is 0 Å². The Balaban J connectivity index is 2.07. The summed E-state index contributed by atoms with van der Waals surface area (Å²) in [5.41, 5.74) is 0.641. The van der Waals surface area contributed by atoms with E-state index >= 15 is 0 Å². The molecule has 1 N–H and O–H groups in total. The Labute approximate surface area is 108 Å². The smallest absolute Gasteiger partial charge is 0.272 e. The second-order valence-electron chi connectivity index (χ2n) is 5.26. The van der Waals surface area contributed by atoms with Gasteiger partial charge in [-0.2, -0.15) is 0 Å². The van der Waals surface area contributed by atoms with Gasteiger partial charge in [0.1, 0.15) is 5.69 Å². The van der Waals surface area contributed by atoms with E-state index in [9.17, 15) is 9.90 Å². The molecule has 4 nitrogen and oxygen atoms in total. The first-order valence-electron chi connectivity index (χ1n) is 6.41. The molecule has 1 aliphatic rings. The predicted octanol–water partition coefficient (Wildman–Crippen LogP) is 1.77. The van der Waals surface area contributed by atoms with E-state index in [1.807, 2.05) is 19.1 Å². The largest absolute Gasteiger partial charge is 0.388 e. The van der Waals surface area contributed by atoms with Crippen LogP contribution in [-0.4, -0.2) is 40.1 Å². The van der Waals surface area contributed by atoms with Gasteiger partial charge in [0.15, 0.2) is 0 Å². The van der Waals surface area contributed by atoms with Crippen molar-refractivity contribution < 1.29 is 9.90 Å². The van der Waals surface area contributed by atoms with Crippen molar-refractivity contribution in [1.29, 1.82) is 0 Å². The van der Waals surface area contributed by atoms with E-state index in [4.69, 9.17) is 0 Å². The zero-order valence-electron chi connectivity index (χ0n) is 11.0. The fraction of sp³-hybridized carbons (Fsp3) is 0.571. The first-order valence-corrected chi connectivity index (χ1v) is 6.41. The van der Waals surface area contributed by atoms with Crippen molar-refractivity contribution in [2.24, 2.45) is 0 Å². The quantitative estimate of drug-likeness (QED) is 0.887. The lowest BCUT2D eigenvalue weighted by Crippen LogP contribution is -2.42. The highest BCUT2D eigenvalue weighted by molar-refractivity contribution is 5.93. The standard InChI is InChI=1S/C14H20N2O2/c1-11-6-5-9-15-12(11)13(17)16(2)10-14(18)7-3-4-8-14/h5-6,9,18H,3-4,7-8,10H2,1-2H3. The Morgan fingerprint density at radius 1 is 1.50 bits per heavy atom. The average molecular weight is 248 g/mol. The third-order valence-electron chi connectivity index (χ3n) is 3.62. The van der Waals surface area contributed by atoms with Crippen LogP contribution in [0.3, 0.4) is 0 Å². The van der Waals surface area contributed by atoms with Crippen molar-refractivity contribution in [3.8, 4) is 0 Å². The number of hydrogen-bond donors (Lipinski definition) is 1. The highest BCUT2D eigenvalue weighted by atomic mass is 16.3. The maximum absolute atomic E-state index is 12.2. The van der Waals surface area contributed by atoms with Crippen molar-refractivity contribution in [3.05, 3.63) is 29.6 Å². The van der Waals surface area contributed by atoms with Crippen LogP contribution in [0.5, 0.6) is 0 Å². The van der Waals surface area contributed by atoms with Crippen molar-refractivity contribution in [1.82, 2.24) is 9.88 Å². The Kier molecular flexibility index (Phi) is 3.66. The third-order valence-corrected chi connectivity index (χ3v) is 3.62. The highest BCUT2D eigenvalue weighted by Gasteiger charge is 2.33. The van der Waals surface area contributed by atoms with Gasteiger partial charge >= 0.3 is 0 Å². The summed E-state index contributed by atoms with van der Waals surface area (Å²) in [6.07, 6.45) is 5.28. The topological polar surface area (TPSA) is 53.4 Å². The van der Waals surface area contributed by atoms with Crippen LogP contribution in [-0.2, 0) is 0 Å². The molecule has 0 radical (unpaired) electrons. The number of carbonyl (C=O) groups excluding carboxylic acids is 1. The maximum Gasteiger partial charge on any atom is 0.272 e. The van der Waals surface area contributed by atoms with E-state index in [1.165, 1.54) is 0 Å². The van der Waals surface area contributed by atoms with Gasteiger partial charge in [-0.15, -0.1) is 0 Å². The summed E-state index contributed by atoms with van der Waals surface area (Å²) in [4.78, 5) is 18.0. The van der Waals surface area contributed by atoms with Crippen molar-refractivity contribution >= 4 is 5.91 Å². The van der Waals surface area contributed by atoms with Gasteiger partial charge in [0.25, 0.3) is 5.91 Å². The lowest BCUT2D eigenvalue weighted by Gasteiger charge is -2.28. The maximum atomic E-state index is 12.2. The minimum Gasteiger partial charge on any atom is -0.388 e. The van der Waals surface area contributed by atoms with Crippen LogP contribution in [0.2, 0.25) is 0 Å². The van der Waals surface area contributed by atoms with Crippen molar-refractivity contribution in [3.63, 3.8) is 0 Å². The first-order chi connectivity index (χ1) is 8.52. The SMILES string of the molecule is Cc1cccnc1C(=O)N(C)CC1(O)CCCC1. The molecule has 0 spiro atoms. The summed E-state index contributed by atoms with van der Waals surface area (Å²) in [5.74, 6) is -0.117. The number of rotatable bonds is 3. The summed E-state index contributed by atoms with van der Waals surface area (Å²) >= 11 is 0. The molecule has 0 aromatic carbocycles. The van der Waals surface area contributed by atoms with Gasteiger partial charge in [0, 0.05) is 19.8 Å². The zero-order valence-corrected chi connectivity index (χ0v) is 11.0. The summed E-state index contributed by atoms with van der Waals surface area (Å²) in [6.45, 7) is 2.26.